The Hall–Kier alpha value is -5.76. The van der Waals surface area contributed by atoms with Gasteiger partial charge in [0.1, 0.15) is 5.75 Å². The highest BCUT2D eigenvalue weighted by Crippen LogP contribution is 2.21. The number of carbonyl (C=O) groups excluding carboxylic acids is 2. The van der Waals surface area contributed by atoms with Gasteiger partial charge in [0.2, 0.25) is 17.8 Å². The number of aromatic hydroxyl groups is 1. The summed E-state index contributed by atoms with van der Waals surface area (Å²) in [5.41, 5.74) is 3.33. The Morgan fingerprint density at radius 2 is 1.20 bits per heavy atom. The highest BCUT2D eigenvalue weighted by atomic mass is 35.5. The molecule has 2 amide bonds. The summed E-state index contributed by atoms with van der Waals surface area (Å²) in [6.45, 7) is 2.66. The molecule has 258 valence electrons. The summed E-state index contributed by atoms with van der Waals surface area (Å²) < 4.78 is 11.2. The molecule has 0 saturated heterocycles. The number of carbonyl (C=O) groups is 2. The van der Waals surface area contributed by atoms with Gasteiger partial charge in [0.25, 0.3) is 11.8 Å². The first kappa shape index (κ1) is 35.5. The van der Waals surface area contributed by atoms with Crippen LogP contribution in [0.15, 0.2) is 103 Å². The third kappa shape index (κ3) is 11.7. The molecular formula is C36H37ClN8O5. The predicted octanol–water partition coefficient (Wildman–Crippen LogP) is 5.52. The van der Waals surface area contributed by atoms with Crippen LogP contribution in [0, 0.1) is 0 Å². The zero-order valence-corrected chi connectivity index (χ0v) is 27.8. The maximum Gasteiger partial charge on any atom is 0.251 e. The number of hydrogen-bond donors (Lipinski definition) is 6. The standard InChI is InChI=1S/C36H37ClN8O5/c37-28-8-4-5-25(23-28)24-40-33(48)27-9-11-29(12-10-27)41-35-43-34(44-36(45-35)42-30-13-15-31(46)16-14-30)39-18-20-50-22-21-49-19-17-38-32(47)26-6-2-1-3-7-26/h1-16,23,46H,17-22,24H2,(H,38,47)(H,40,48)(H3,39,41,42,43,44,45). The number of rotatable bonds is 18. The second kappa shape index (κ2) is 18.7. The fourth-order valence-electron chi connectivity index (χ4n) is 4.49. The van der Waals surface area contributed by atoms with E-state index >= 15 is 0 Å². The minimum absolute atomic E-state index is 0.137. The number of hydrogen-bond acceptors (Lipinski definition) is 11. The molecule has 0 unspecified atom stereocenters. The van der Waals surface area contributed by atoms with Crippen LogP contribution < -0.4 is 26.6 Å². The topological polar surface area (TPSA) is 172 Å². The molecule has 5 rings (SSSR count). The molecule has 50 heavy (non-hydrogen) atoms. The van der Waals surface area contributed by atoms with E-state index in [1.807, 2.05) is 30.3 Å². The molecule has 6 N–H and O–H groups in total. The molecule has 0 bridgehead atoms. The lowest BCUT2D eigenvalue weighted by Crippen LogP contribution is -2.27. The first-order valence-corrected chi connectivity index (χ1v) is 16.2. The van der Waals surface area contributed by atoms with Crippen molar-refractivity contribution in [1.29, 1.82) is 0 Å². The van der Waals surface area contributed by atoms with Crippen LogP contribution in [-0.4, -0.2) is 71.4 Å². The Bertz CT molecular complexity index is 1830. The number of nitrogens with one attached hydrogen (secondary N) is 5. The van der Waals surface area contributed by atoms with Gasteiger partial charge in [0.15, 0.2) is 0 Å². The molecule has 0 radical (unpaired) electrons. The Morgan fingerprint density at radius 3 is 1.86 bits per heavy atom. The number of anilines is 5. The van der Waals surface area contributed by atoms with Crippen LogP contribution in [0.1, 0.15) is 26.3 Å². The molecule has 4 aromatic carbocycles. The summed E-state index contributed by atoms with van der Waals surface area (Å²) in [4.78, 5) is 38.2. The third-order valence-electron chi connectivity index (χ3n) is 6.97. The lowest BCUT2D eigenvalue weighted by atomic mass is 10.1. The van der Waals surface area contributed by atoms with E-state index in [4.69, 9.17) is 21.1 Å². The van der Waals surface area contributed by atoms with E-state index in [0.29, 0.717) is 79.5 Å². The van der Waals surface area contributed by atoms with Gasteiger partial charge in [-0.25, -0.2) is 0 Å². The third-order valence-corrected chi connectivity index (χ3v) is 7.21. The average molecular weight is 697 g/mol. The number of halogens is 1. The van der Waals surface area contributed by atoms with Crippen LogP contribution in [0.4, 0.5) is 29.2 Å². The van der Waals surface area contributed by atoms with Crippen molar-refractivity contribution in [2.45, 2.75) is 6.54 Å². The second-order valence-corrected chi connectivity index (χ2v) is 11.2. The summed E-state index contributed by atoms with van der Waals surface area (Å²) in [5.74, 6) is 0.604. The number of aromatic nitrogens is 3. The van der Waals surface area contributed by atoms with Gasteiger partial charge in [-0.05, 0) is 78.4 Å². The lowest BCUT2D eigenvalue weighted by Gasteiger charge is -2.12. The largest absolute Gasteiger partial charge is 0.508 e. The van der Waals surface area contributed by atoms with E-state index in [1.165, 1.54) is 0 Å². The Labute approximate surface area is 294 Å². The predicted molar refractivity (Wildman–Crippen MR) is 192 cm³/mol. The van der Waals surface area contributed by atoms with Gasteiger partial charge in [-0.1, -0.05) is 41.9 Å². The first-order chi connectivity index (χ1) is 24.4. The number of amides is 2. The van der Waals surface area contributed by atoms with Crippen LogP contribution >= 0.6 is 11.6 Å². The van der Waals surface area contributed by atoms with Crippen molar-refractivity contribution < 1.29 is 24.2 Å². The number of phenols is 1. The quantitative estimate of drug-likeness (QED) is 0.0503. The van der Waals surface area contributed by atoms with Gasteiger partial charge in [-0.2, -0.15) is 15.0 Å². The molecule has 0 saturated carbocycles. The monoisotopic (exact) mass is 696 g/mol. The van der Waals surface area contributed by atoms with Crippen molar-refractivity contribution in [3.63, 3.8) is 0 Å². The van der Waals surface area contributed by atoms with Crippen LogP contribution in [0.3, 0.4) is 0 Å². The molecule has 0 spiro atoms. The van der Waals surface area contributed by atoms with Crippen molar-refractivity contribution in [3.8, 4) is 5.75 Å². The van der Waals surface area contributed by atoms with Crippen molar-refractivity contribution in [2.75, 3.05) is 55.5 Å². The van der Waals surface area contributed by atoms with Gasteiger partial charge in [0, 0.05) is 47.2 Å². The van der Waals surface area contributed by atoms with Crippen molar-refractivity contribution >= 4 is 52.6 Å². The van der Waals surface area contributed by atoms with Crippen LogP contribution in [0.25, 0.3) is 0 Å². The van der Waals surface area contributed by atoms with Gasteiger partial charge < -0.3 is 41.2 Å². The smallest absolute Gasteiger partial charge is 0.251 e. The van der Waals surface area contributed by atoms with Crippen LogP contribution in [0.5, 0.6) is 5.75 Å². The highest BCUT2D eigenvalue weighted by molar-refractivity contribution is 6.30. The zero-order chi connectivity index (χ0) is 35.0. The van der Waals surface area contributed by atoms with E-state index in [0.717, 1.165) is 5.56 Å². The molecule has 13 nitrogen and oxygen atoms in total. The van der Waals surface area contributed by atoms with Gasteiger partial charge in [-0.15, -0.1) is 0 Å². The van der Waals surface area contributed by atoms with E-state index in [9.17, 15) is 14.7 Å². The van der Waals surface area contributed by atoms with Crippen LogP contribution in [0.2, 0.25) is 5.02 Å². The normalized spacial score (nSPS) is 10.7. The first-order valence-electron chi connectivity index (χ1n) is 15.9. The minimum atomic E-state index is -0.218. The molecule has 5 aromatic rings. The fourth-order valence-corrected chi connectivity index (χ4v) is 4.70. The second-order valence-electron chi connectivity index (χ2n) is 10.8. The van der Waals surface area contributed by atoms with Crippen molar-refractivity contribution in [1.82, 2.24) is 25.6 Å². The van der Waals surface area contributed by atoms with E-state index in [1.54, 1.807) is 72.8 Å². The van der Waals surface area contributed by atoms with Crippen molar-refractivity contribution in [2.24, 2.45) is 0 Å². The molecule has 14 heteroatoms. The van der Waals surface area contributed by atoms with E-state index < -0.39 is 0 Å². The maximum absolute atomic E-state index is 12.7. The molecule has 0 aliphatic heterocycles. The number of ether oxygens (including phenoxy) is 2. The van der Waals surface area contributed by atoms with Crippen molar-refractivity contribution in [3.05, 3.63) is 125 Å². The fraction of sp³-hybridized carbons (Fsp3) is 0.194. The summed E-state index contributed by atoms with van der Waals surface area (Å²) >= 11 is 6.04. The Kier molecular flexibility index (Phi) is 13.3. The minimum Gasteiger partial charge on any atom is -0.508 e. The summed E-state index contributed by atoms with van der Waals surface area (Å²) in [7, 11) is 0. The highest BCUT2D eigenvalue weighted by Gasteiger charge is 2.10. The van der Waals surface area contributed by atoms with Crippen LogP contribution in [-0.2, 0) is 16.0 Å². The summed E-state index contributed by atoms with van der Waals surface area (Å²) in [5, 5.41) is 25.4. The SMILES string of the molecule is O=C(NCCOCCOCCNc1nc(Nc2ccc(O)cc2)nc(Nc2ccc(C(=O)NCc3cccc(Cl)c3)cc2)n1)c1ccccc1. The molecular weight excluding hydrogens is 660 g/mol. The molecule has 0 fully saturated rings. The van der Waals surface area contributed by atoms with E-state index in [2.05, 4.69) is 41.5 Å². The molecule has 1 aromatic heterocycles. The lowest BCUT2D eigenvalue weighted by molar-refractivity contribution is 0.0519. The molecule has 0 atom stereocenters. The summed E-state index contributed by atoms with van der Waals surface area (Å²) in [6, 6.07) is 29.7. The van der Waals surface area contributed by atoms with E-state index in [-0.39, 0.29) is 29.5 Å². The summed E-state index contributed by atoms with van der Waals surface area (Å²) in [6.07, 6.45) is 0. The van der Waals surface area contributed by atoms with Gasteiger partial charge in [-0.3, -0.25) is 9.59 Å². The van der Waals surface area contributed by atoms with Gasteiger partial charge >= 0.3 is 0 Å². The molecule has 0 aliphatic carbocycles. The van der Waals surface area contributed by atoms with Gasteiger partial charge in [0.05, 0.1) is 26.4 Å². The average Bonchev–Trinajstić information content (AvgIpc) is 3.13. The molecule has 0 aliphatic rings. The number of benzene rings is 4. The zero-order valence-electron chi connectivity index (χ0n) is 27.1. The molecule has 1 heterocycles. The maximum atomic E-state index is 12.7. The Balaban J connectivity index is 1.09. The Morgan fingerprint density at radius 1 is 0.620 bits per heavy atom. The number of phenolic OH excluding ortho intramolecular Hbond substituents is 1. The number of nitrogens with zero attached hydrogens (tertiary/aromatic N) is 3.